The molecule has 0 radical (unpaired) electrons. The van der Waals surface area contributed by atoms with E-state index in [4.69, 9.17) is 11.1 Å². The maximum absolute atomic E-state index is 10.7. The first-order chi connectivity index (χ1) is 9.69. The Bertz CT molecular complexity index is 377. The zero-order chi connectivity index (χ0) is 14.4. The van der Waals surface area contributed by atoms with Gasteiger partial charge in [-0.2, -0.15) is 0 Å². The van der Waals surface area contributed by atoms with Crippen LogP contribution >= 0.6 is 0 Å². The molecule has 0 aromatic heterocycles. The third-order valence-corrected chi connectivity index (χ3v) is 3.91. The van der Waals surface area contributed by atoms with Crippen LogP contribution in [0.3, 0.4) is 0 Å². The van der Waals surface area contributed by atoms with Gasteiger partial charge in [0.25, 0.3) is 0 Å². The SMILES string of the molecule is N=C(N=C(N)CCN1CCNCC1)C1CCN(C=O)C1. The van der Waals surface area contributed by atoms with E-state index in [0.29, 0.717) is 31.2 Å². The molecule has 0 aliphatic carbocycles. The highest BCUT2D eigenvalue weighted by atomic mass is 16.1. The molecule has 0 saturated carbocycles. The summed E-state index contributed by atoms with van der Waals surface area (Å²) in [5.41, 5.74) is 5.91. The third kappa shape index (κ3) is 4.28. The van der Waals surface area contributed by atoms with Crippen LogP contribution in [0.25, 0.3) is 0 Å². The quantitative estimate of drug-likeness (QED) is 0.345. The second-order valence-electron chi connectivity index (χ2n) is 5.42. The van der Waals surface area contributed by atoms with Crippen LogP contribution in [0.1, 0.15) is 12.8 Å². The minimum atomic E-state index is 0.0398. The van der Waals surface area contributed by atoms with Crippen molar-refractivity contribution in [2.45, 2.75) is 12.8 Å². The molecular weight excluding hydrogens is 256 g/mol. The molecule has 2 aliphatic heterocycles. The molecule has 7 heteroatoms. The van der Waals surface area contributed by atoms with Gasteiger partial charge in [0.2, 0.25) is 6.41 Å². The van der Waals surface area contributed by atoms with Crippen molar-refractivity contribution in [2.24, 2.45) is 16.6 Å². The molecule has 2 aliphatic rings. The van der Waals surface area contributed by atoms with Gasteiger partial charge in [-0.15, -0.1) is 0 Å². The largest absolute Gasteiger partial charge is 0.387 e. The normalized spacial score (nSPS) is 24.9. The zero-order valence-corrected chi connectivity index (χ0v) is 11.8. The monoisotopic (exact) mass is 280 g/mol. The summed E-state index contributed by atoms with van der Waals surface area (Å²) in [6, 6.07) is 0. The summed E-state index contributed by atoms with van der Waals surface area (Å²) in [5, 5.41) is 11.3. The van der Waals surface area contributed by atoms with Gasteiger partial charge in [0.05, 0.1) is 0 Å². The molecule has 20 heavy (non-hydrogen) atoms. The Morgan fingerprint density at radius 3 is 2.80 bits per heavy atom. The highest BCUT2D eigenvalue weighted by Crippen LogP contribution is 2.16. The van der Waals surface area contributed by atoms with Gasteiger partial charge < -0.3 is 20.9 Å². The summed E-state index contributed by atoms with van der Waals surface area (Å²) < 4.78 is 0. The van der Waals surface area contributed by atoms with Crippen molar-refractivity contribution in [3.8, 4) is 0 Å². The lowest BCUT2D eigenvalue weighted by atomic mass is 10.1. The molecule has 112 valence electrons. The van der Waals surface area contributed by atoms with E-state index in [1.54, 1.807) is 4.90 Å². The average Bonchev–Trinajstić information content (AvgIpc) is 2.95. The van der Waals surface area contributed by atoms with E-state index in [2.05, 4.69) is 15.2 Å². The number of carbonyl (C=O) groups is 1. The fourth-order valence-corrected chi connectivity index (χ4v) is 2.62. The number of hydrogen-bond donors (Lipinski definition) is 3. The Morgan fingerprint density at radius 1 is 1.40 bits per heavy atom. The number of amidine groups is 2. The van der Waals surface area contributed by atoms with Crippen LogP contribution in [0.4, 0.5) is 0 Å². The van der Waals surface area contributed by atoms with Crippen LogP contribution in [0.15, 0.2) is 4.99 Å². The third-order valence-electron chi connectivity index (χ3n) is 3.91. The van der Waals surface area contributed by atoms with Crippen molar-refractivity contribution in [1.29, 1.82) is 5.41 Å². The Balaban J connectivity index is 1.74. The number of aliphatic imine (C=N–C) groups is 1. The van der Waals surface area contributed by atoms with E-state index in [-0.39, 0.29) is 5.92 Å². The number of amides is 1. The van der Waals surface area contributed by atoms with Crippen molar-refractivity contribution in [2.75, 3.05) is 45.8 Å². The summed E-state index contributed by atoms with van der Waals surface area (Å²) in [4.78, 5) is 18.9. The van der Waals surface area contributed by atoms with Gasteiger partial charge in [0, 0.05) is 58.2 Å². The van der Waals surface area contributed by atoms with Crippen LogP contribution in [0.5, 0.6) is 0 Å². The van der Waals surface area contributed by atoms with Gasteiger partial charge >= 0.3 is 0 Å². The molecule has 0 aromatic rings. The van der Waals surface area contributed by atoms with Crippen LogP contribution < -0.4 is 11.1 Å². The Kier molecular flexibility index (Phi) is 5.49. The van der Waals surface area contributed by atoms with Gasteiger partial charge in [0.1, 0.15) is 11.7 Å². The van der Waals surface area contributed by atoms with Crippen molar-refractivity contribution in [3.05, 3.63) is 0 Å². The lowest BCUT2D eigenvalue weighted by molar-refractivity contribution is -0.117. The minimum Gasteiger partial charge on any atom is -0.387 e. The number of carbonyl (C=O) groups excluding carboxylic acids is 1. The first kappa shape index (κ1) is 14.9. The van der Waals surface area contributed by atoms with Crippen LogP contribution in [0.2, 0.25) is 0 Å². The summed E-state index contributed by atoms with van der Waals surface area (Å²) in [6.07, 6.45) is 2.35. The minimum absolute atomic E-state index is 0.0398. The Morgan fingerprint density at radius 2 is 2.15 bits per heavy atom. The first-order valence-electron chi connectivity index (χ1n) is 7.23. The van der Waals surface area contributed by atoms with Crippen LogP contribution in [-0.2, 0) is 4.79 Å². The second-order valence-corrected chi connectivity index (χ2v) is 5.42. The van der Waals surface area contributed by atoms with E-state index < -0.39 is 0 Å². The molecule has 4 N–H and O–H groups in total. The topological polar surface area (TPSA) is 97.8 Å². The van der Waals surface area contributed by atoms with Crippen molar-refractivity contribution < 1.29 is 4.79 Å². The molecule has 0 spiro atoms. The Labute approximate surface area is 119 Å². The van der Waals surface area contributed by atoms with Gasteiger partial charge in [-0.05, 0) is 6.42 Å². The Hall–Kier alpha value is -1.47. The van der Waals surface area contributed by atoms with Gasteiger partial charge in [-0.25, -0.2) is 4.99 Å². The lowest BCUT2D eigenvalue weighted by Gasteiger charge is -2.26. The summed E-state index contributed by atoms with van der Waals surface area (Å²) in [5.74, 6) is 0.878. The standard InChI is InChI=1S/C13H24N6O/c14-12(2-6-18-7-3-16-4-8-18)17-13(15)11-1-5-19(9-11)10-20/h10-11,16H,1-9H2,(H3,14,15,17). The van der Waals surface area contributed by atoms with E-state index in [1.807, 2.05) is 0 Å². The number of likely N-dealkylation sites (tertiary alicyclic amines) is 1. The van der Waals surface area contributed by atoms with Gasteiger partial charge in [-0.3, -0.25) is 10.2 Å². The fraction of sp³-hybridized carbons (Fsp3) is 0.769. The number of nitrogens with one attached hydrogen (secondary N) is 2. The molecule has 2 rings (SSSR count). The number of nitrogens with zero attached hydrogens (tertiary/aromatic N) is 3. The highest BCUT2D eigenvalue weighted by molar-refractivity contribution is 5.96. The first-order valence-corrected chi connectivity index (χ1v) is 7.23. The summed E-state index contributed by atoms with van der Waals surface area (Å²) in [6.45, 7) is 6.34. The number of hydrogen-bond acceptors (Lipinski definition) is 4. The lowest BCUT2D eigenvalue weighted by Crippen LogP contribution is -2.44. The van der Waals surface area contributed by atoms with Gasteiger partial charge in [0.15, 0.2) is 0 Å². The van der Waals surface area contributed by atoms with E-state index in [1.165, 1.54) is 0 Å². The fourth-order valence-electron chi connectivity index (χ4n) is 2.62. The van der Waals surface area contributed by atoms with E-state index in [9.17, 15) is 4.79 Å². The van der Waals surface area contributed by atoms with Crippen molar-refractivity contribution in [1.82, 2.24) is 15.1 Å². The maximum Gasteiger partial charge on any atom is 0.209 e. The smallest absolute Gasteiger partial charge is 0.209 e. The molecule has 2 heterocycles. The maximum atomic E-state index is 10.7. The second kappa shape index (κ2) is 7.35. The predicted molar refractivity (Wildman–Crippen MR) is 79.0 cm³/mol. The number of nitrogens with two attached hydrogens (primary N) is 1. The molecule has 0 bridgehead atoms. The van der Waals surface area contributed by atoms with Crippen molar-refractivity contribution in [3.63, 3.8) is 0 Å². The van der Waals surface area contributed by atoms with E-state index >= 15 is 0 Å². The molecule has 1 amide bonds. The molecule has 1 atom stereocenters. The van der Waals surface area contributed by atoms with Gasteiger partial charge in [-0.1, -0.05) is 0 Å². The molecule has 1 unspecified atom stereocenters. The summed E-state index contributed by atoms with van der Waals surface area (Å²) >= 11 is 0. The molecule has 2 fully saturated rings. The number of piperazine rings is 1. The summed E-state index contributed by atoms with van der Waals surface area (Å²) in [7, 11) is 0. The highest BCUT2D eigenvalue weighted by Gasteiger charge is 2.24. The molecule has 0 aromatic carbocycles. The molecular formula is C13H24N6O. The average molecular weight is 280 g/mol. The predicted octanol–water partition coefficient (Wildman–Crippen LogP) is -0.906. The van der Waals surface area contributed by atoms with Crippen molar-refractivity contribution >= 4 is 18.1 Å². The van der Waals surface area contributed by atoms with Crippen LogP contribution in [-0.4, -0.2) is 73.7 Å². The molecule has 2 saturated heterocycles. The van der Waals surface area contributed by atoms with Crippen LogP contribution in [0, 0.1) is 11.3 Å². The van der Waals surface area contributed by atoms with E-state index in [0.717, 1.165) is 45.6 Å². The zero-order valence-electron chi connectivity index (χ0n) is 11.8. The molecule has 7 nitrogen and oxygen atoms in total. The number of rotatable bonds is 5.